The highest BCUT2D eigenvalue weighted by atomic mass is 32.2. The number of ether oxygens (including phenoxy) is 2. The smallest absolute Gasteiger partial charge is 0.409 e. The molecule has 1 aliphatic rings. The van der Waals surface area contributed by atoms with Crippen LogP contribution in [0.15, 0.2) is 24.3 Å². The number of amides is 1. The second-order valence-electron chi connectivity index (χ2n) is 5.90. The van der Waals surface area contributed by atoms with E-state index < -0.39 is 33.3 Å². The zero-order chi connectivity index (χ0) is 19.3. The molecule has 1 fully saturated rings. The number of carbonyl (C=O) groups excluding carboxylic acids is 1. The van der Waals surface area contributed by atoms with Crippen molar-refractivity contribution in [1.29, 1.82) is 0 Å². The molecule has 2 rings (SSSR count). The lowest BCUT2D eigenvalue weighted by Gasteiger charge is -2.23. The molecule has 1 aliphatic heterocycles. The van der Waals surface area contributed by atoms with Crippen LogP contribution in [0.3, 0.4) is 0 Å². The summed E-state index contributed by atoms with van der Waals surface area (Å²) in [7, 11) is -2.12. The third-order valence-corrected chi connectivity index (χ3v) is 4.32. The first-order valence-electron chi connectivity index (χ1n) is 7.77. The molecule has 2 atom stereocenters. The van der Waals surface area contributed by atoms with Crippen LogP contribution in [0.1, 0.15) is 12.0 Å². The maximum atomic E-state index is 12.1. The van der Waals surface area contributed by atoms with Crippen LogP contribution in [-0.4, -0.2) is 63.0 Å². The number of likely N-dealkylation sites (N-methyl/N-ethyl adjacent to an activating group) is 1. The van der Waals surface area contributed by atoms with Gasteiger partial charge in [0.05, 0.1) is 17.7 Å². The fourth-order valence-corrected chi connectivity index (χ4v) is 3.12. The van der Waals surface area contributed by atoms with Gasteiger partial charge in [-0.25, -0.2) is 4.79 Å². The first kappa shape index (κ1) is 20.1. The van der Waals surface area contributed by atoms with E-state index in [9.17, 15) is 23.3 Å². The minimum absolute atomic E-state index is 0.0457. The Bertz CT molecular complexity index is 749. The lowest BCUT2D eigenvalue weighted by molar-refractivity contribution is -0.384. The van der Waals surface area contributed by atoms with Crippen molar-refractivity contribution in [1.82, 2.24) is 4.90 Å². The summed E-state index contributed by atoms with van der Waals surface area (Å²) < 4.78 is 38.0. The molecule has 0 unspecified atom stereocenters. The van der Waals surface area contributed by atoms with E-state index in [-0.39, 0.29) is 18.8 Å². The number of nitrogens with zero attached hydrogens (tertiary/aromatic N) is 2. The highest BCUT2D eigenvalue weighted by molar-refractivity contribution is 7.86. The number of rotatable bonds is 7. The quantitative estimate of drug-likeness (QED) is 0.389. The molecule has 1 saturated heterocycles. The van der Waals surface area contributed by atoms with Crippen molar-refractivity contribution in [3.05, 3.63) is 39.9 Å². The highest BCUT2D eigenvalue weighted by Gasteiger charge is 2.33. The Morgan fingerprint density at radius 1 is 1.38 bits per heavy atom. The first-order chi connectivity index (χ1) is 12.2. The minimum atomic E-state index is -3.62. The van der Waals surface area contributed by atoms with Crippen LogP contribution < -0.4 is 0 Å². The second-order valence-corrected chi connectivity index (χ2v) is 7.50. The van der Waals surface area contributed by atoms with Crippen LogP contribution in [0, 0.1) is 10.1 Å². The maximum Gasteiger partial charge on any atom is 0.409 e. The monoisotopic (exact) mass is 388 g/mol. The summed E-state index contributed by atoms with van der Waals surface area (Å²) in [5.41, 5.74) is 0.556. The molecule has 1 amide bonds. The van der Waals surface area contributed by atoms with Gasteiger partial charge in [0, 0.05) is 32.2 Å². The fraction of sp³-hybridized carbons (Fsp3) is 0.533. The number of hydrogen-bond donors (Lipinski definition) is 0. The average molecular weight is 388 g/mol. The van der Waals surface area contributed by atoms with Gasteiger partial charge in [-0.15, -0.1) is 0 Å². The van der Waals surface area contributed by atoms with Crippen molar-refractivity contribution in [2.75, 3.05) is 26.5 Å². The number of hydrogen-bond acceptors (Lipinski definition) is 8. The van der Waals surface area contributed by atoms with Crippen LogP contribution in [0.2, 0.25) is 0 Å². The lowest BCUT2D eigenvalue weighted by atomic mass is 10.2. The van der Waals surface area contributed by atoms with Crippen LogP contribution in [0.5, 0.6) is 0 Å². The van der Waals surface area contributed by atoms with E-state index in [2.05, 4.69) is 0 Å². The van der Waals surface area contributed by atoms with Gasteiger partial charge in [-0.05, 0) is 17.7 Å². The second kappa shape index (κ2) is 8.43. The minimum Gasteiger partial charge on any atom is -0.445 e. The molecule has 10 nitrogen and oxygen atoms in total. The van der Waals surface area contributed by atoms with Crippen molar-refractivity contribution in [2.24, 2.45) is 0 Å². The molecule has 0 spiro atoms. The number of carbonyl (C=O) groups is 1. The van der Waals surface area contributed by atoms with Gasteiger partial charge in [0.2, 0.25) is 0 Å². The summed E-state index contributed by atoms with van der Waals surface area (Å²) in [4.78, 5) is 23.4. The molecule has 26 heavy (non-hydrogen) atoms. The van der Waals surface area contributed by atoms with Gasteiger partial charge >= 0.3 is 6.09 Å². The topological polar surface area (TPSA) is 125 Å². The van der Waals surface area contributed by atoms with E-state index in [0.717, 1.165) is 6.26 Å². The van der Waals surface area contributed by atoms with Crippen molar-refractivity contribution in [2.45, 2.75) is 25.2 Å². The summed E-state index contributed by atoms with van der Waals surface area (Å²) in [6.07, 6.45) is -0.456. The summed E-state index contributed by atoms with van der Waals surface area (Å²) in [6, 6.07) is 5.65. The summed E-state index contributed by atoms with van der Waals surface area (Å²) in [5, 5.41) is 10.6. The Morgan fingerprint density at radius 2 is 2.04 bits per heavy atom. The van der Waals surface area contributed by atoms with Gasteiger partial charge in [-0.1, -0.05) is 0 Å². The van der Waals surface area contributed by atoms with Crippen LogP contribution in [-0.2, 0) is 30.4 Å². The third-order valence-electron chi connectivity index (χ3n) is 3.72. The van der Waals surface area contributed by atoms with Crippen molar-refractivity contribution < 1.29 is 31.8 Å². The van der Waals surface area contributed by atoms with Crippen LogP contribution in [0.25, 0.3) is 0 Å². The maximum absolute atomic E-state index is 12.1. The molecule has 1 aromatic carbocycles. The zero-order valence-electron chi connectivity index (χ0n) is 14.4. The summed E-state index contributed by atoms with van der Waals surface area (Å²) in [6.45, 7) is 0.409. The molecular weight excluding hydrogens is 368 g/mol. The molecular formula is C15H20N2O8S. The number of non-ortho nitro benzene ring substituents is 1. The summed E-state index contributed by atoms with van der Waals surface area (Å²) >= 11 is 0. The van der Waals surface area contributed by atoms with E-state index in [0.29, 0.717) is 18.6 Å². The predicted molar refractivity (Wildman–Crippen MR) is 90.0 cm³/mol. The molecule has 144 valence electrons. The standard InChI is InChI=1S/C15H20N2O8S/c1-16(9-14-13(7-8-23-14)25-26(2,21)22)15(18)24-10-11-3-5-12(6-4-11)17(19)20/h3-6,13-14H,7-10H2,1-2H3/t13-,14+/m0/s1. The van der Waals surface area contributed by atoms with Gasteiger partial charge in [0.1, 0.15) is 18.8 Å². The van der Waals surface area contributed by atoms with E-state index in [1.54, 1.807) is 0 Å². The van der Waals surface area contributed by atoms with Gasteiger partial charge in [-0.2, -0.15) is 8.42 Å². The molecule has 0 aromatic heterocycles. The van der Waals surface area contributed by atoms with E-state index in [1.807, 2.05) is 0 Å². The molecule has 11 heteroatoms. The SMILES string of the molecule is CN(C[C@H]1OCC[C@@H]1OS(C)(=O)=O)C(=O)OCc1ccc([N+](=O)[O-])cc1. The largest absolute Gasteiger partial charge is 0.445 e. The average Bonchev–Trinajstić information content (AvgIpc) is 2.97. The Hall–Kier alpha value is -2.24. The fourth-order valence-electron chi connectivity index (χ4n) is 2.45. The van der Waals surface area contributed by atoms with Crippen molar-refractivity contribution in [3.63, 3.8) is 0 Å². The van der Waals surface area contributed by atoms with E-state index >= 15 is 0 Å². The molecule has 1 heterocycles. The molecule has 0 bridgehead atoms. The normalized spacial score (nSPS) is 19.9. The number of benzene rings is 1. The Kier molecular flexibility index (Phi) is 6.51. The molecule has 0 N–H and O–H groups in total. The molecule has 0 saturated carbocycles. The highest BCUT2D eigenvalue weighted by Crippen LogP contribution is 2.20. The molecule has 0 radical (unpaired) electrons. The first-order valence-corrected chi connectivity index (χ1v) is 9.58. The Balaban J connectivity index is 1.84. The lowest BCUT2D eigenvalue weighted by Crippen LogP contribution is -2.40. The van der Waals surface area contributed by atoms with Gasteiger partial charge < -0.3 is 14.4 Å². The Labute approximate surface area is 150 Å². The van der Waals surface area contributed by atoms with Gasteiger partial charge in [0.25, 0.3) is 15.8 Å². The summed E-state index contributed by atoms with van der Waals surface area (Å²) in [5.74, 6) is 0. The number of nitro groups is 1. The van der Waals surface area contributed by atoms with Crippen LogP contribution in [0.4, 0.5) is 10.5 Å². The number of nitro benzene ring substituents is 1. The van der Waals surface area contributed by atoms with E-state index in [1.165, 1.54) is 36.2 Å². The van der Waals surface area contributed by atoms with Crippen molar-refractivity contribution >= 4 is 21.9 Å². The molecule has 1 aromatic rings. The van der Waals surface area contributed by atoms with Crippen molar-refractivity contribution in [3.8, 4) is 0 Å². The zero-order valence-corrected chi connectivity index (χ0v) is 15.2. The van der Waals surface area contributed by atoms with Gasteiger partial charge in [-0.3, -0.25) is 14.3 Å². The predicted octanol–water partition coefficient (Wildman–Crippen LogP) is 1.30. The third kappa shape index (κ3) is 5.93. The van der Waals surface area contributed by atoms with Crippen LogP contribution >= 0.6 is 0 Å². The van der Waals surface area contributed by atoms with Gasteiger partial charge in [0.15, 0.2) is 0 Å². The van der Waals surface area contributed by atoms with E-state index in [4.69, 9.17) is 13.7 Å². The molecule has 0 aliphatic carbocycles. The Morgan fingerprint density at radius 3 is 2.62 bits per heavy atom.